The third-order valence-corrected chi connectivity index (χ3v) is 7.07. The minimum Gasteiger partial charge on any atom is -0.466 e. The van der Waals surface area contributed by atoms with Crippen LogP contribution < -0.4 is 10.6 Å². The highest BCUT2D eigenvalue weighted by Crippen LogP contribution is 2.29. The van der Waals surface area contributed by atoms with Crippen molar-refractivity contribution < 1.29 is 19.1 Å². The van der Waals surface area contributed by atoms with Crippen molar-refractivity contribution in [2.75, 3.05) is 20.7 Å². The van der Waals surface area contributed by atoms with Gasteiger partial charge in [0.2, 0.25) is 11.8 Å². The molecule has 1 aromatic rings. The summed E-state index contributed by atoms with van der Waals surface area (Å²) in [6.07, 6.45) is 5.87. The Morgan fingerprint density at radius 2 is 1.62 bits per heavy atom. The molecule has 0 radical (unpaired) electrons. The highest BCUT2D eigenvalue weighted by molar-refractivity contribution is 5.91. The van der Waals surface area contributed by atoms with Gasteiger partial charge in [0.15, 0.2) is 0 Å². The Morgan fingerprint density at radius 3 is 2.10 bits per heavy atom. The number of allylic oxidation sites excluding steroid dienone is 2. The molecule has 0 saturated heterocycles. The van der Waals surface area contributed by atoms with Gasteiger partial charge in [0.25, 0.3) is 0 Å². The van der Waals surface area contributed by atoms with Crippen molar-refractivity contribution in [3.63, 3.8) is 0 Å². The Labute approximate surface area is 236 Å². The van der Waals surface area contributed by atoms with Gasteiger partial charge in [-0.15, -0.1) is 0 Å². The highest BCUT2D eigenvalue weighted by Gasteiger charge is 2.41. The molecule has 7 heteroatoms. The Morgan fingerprint density at radius 1 is 1.03 bits per heavy atom. The zero-order valence-corrected chi connectivity index (χ0v) is 25.9. The Hall–Kier alpha value is -2.93. The molecule has 1 rings (SSSR count). The van der Waals surface area contributed by atoms with Crippen molar-refractivity contribution in [1.29, 1.82) is 0 Å². The van der Waals surface area contributed by atoms with Crippen LogP contribution in [0.2, 0.25) is 0 Å². The Kier molecular flexibility index (Phi) is 13.1. The summed E-state index contributed by atoms with van der Waals surface area (Å²) in [6, 6.07) is 8.43. The van der Waals surface area contributed by atoms with E-state index < -0.39 is 22.9 Å². The van der Waals surface area contributed by atoms with Gasteiger partial charge in [0.1, 0.15) is 6.04 Å². The second-order valence-corrected chi connectivity index (χ2v) is 12.1. The number of hydrogen-bond donors (Lipinski definition) is 2. The van der Waals surface area contributed by atoms with Crippen LogP contribution in [-0.2, 0) is 24.5 Å². The summed E-state index contributed by atoms with van der Waals surface area (Å²) in [7, 11) is 3.56. The van der Waals surface area contributed by atoms with Crippen LogP contribution in [0, 0.1) is 11.3 Å². The van der Waals surface area contributed by atoms with Gasteiger partial charge >= 0.3 is 5.97 Å². The molecule has 0 aromatic heterocycles. The number of benzene rings is 1. The number of hydrogen-bond acceptors (Lipinski definition) is 5. The first kappa shape index (κ1) is 34.1. The van der Waals surface area contributed by atoms with Gasteiger partial charge in [-0.05, 0) is 37.8 Å². The topological polar surface area (TPSA) is 87.7 Å². The van der Waals surface area contributed by atoms with Crippen molar-refractivity contribution in [2.45, 2.75) is 92.3 Å². The number of amides is 2. The third-order valence-electron chi connectivity index (χ3n) is 7.07. The molecule has 218 valence electrons. The fourth-order valence-corrected chi connectivity index (χ4v) is 4.72. The van der Waals surface area contributed by atoms with E-state index in [4.69, 9.17) is 4.74 Å². The first-order valence-corrected chi connectivity index (χ1v) is 13.9. The molecular formula is C32H51N3O4. The summed E-state index contributed by atoms with van der Waals surface area (Å²) < 4.78 is 4.97. The van der Waals surface area contributed by atoms with Gasteiger partial charge in [-0.2, -0.15) is 0 Å². The summed E-state index contributed by atoms with van der Waals surface area (Å²) >= 11 is 0. The van der Waals surface area contributed by atoms with E-state index in [0.717, 1.165) is 11.1 Å². The SMILES string of the molecule is CCOC(=O)CC=CC(C)=C[C@H](C(C)C)N(C)C(=O)[C@@H](NC(=O)[C@@H](NC)C(C)(C)c1ccccc1)C(C)(C)C. The van der Waals surface area contributed by atoms with Crippen molar-refractivity contribution in [3.8, 4) is 0 Å². The largest absolute Gasteiger partial charge is 0.466 e. The van der Waals surface area contributed by atoms with Crippen LogP contribution in [0.25, 0.3) is 0 Å². The van der Waals surface area contributed by atoms with Gasteiger partial charge in [-0.3, -0.25) is 14.4 Å². The molecule has 3 atom stereocenters. The average molecular weight is 542 g/mol. The standard InChI is InChI=1S/C32H51N3O4/c1-12-39-26(36)20-16-17-23(4)21-25(22(2)3)35(11)30(38)28(31(5,6)7)34-29(37)27(33-10)32(8,9)24-18-14-13-15-19-24/h13-19,21-22,25,27-28,33H,12,20H2,1-11H3,(H,34,37)/t25-,27-,28-/m1/s1. The minimum atomic E-state index is -0.730. The van der Waals surface area contributed by atoms with E-state index in [-0.39, 0.29) is 36.2 Å². The number of nitrogens with zero attached hydrogens (tertiary/aromatic N) is 1. The lowest BCUT2D eigenvalue weighted by molar-refractivity contribution is -0.142. The summed E-state index contributed by atoms with van der Waals surface area (Å²) in [6.45, 7) is 18.1. The van der Waals surface area contributed by atoms with Crippen LogP contribution in [0.1, 0.15) is 74.3 Å². The second-order valence-electron chi connectivity index (χ2n) is 12.1. The maximum atomic E-state index is 13.9. The van der Waals surface area contributed by atoms with E-state index >= 15 is 0 Å². The van der Waals surface area contributed by atoms with E-state index in [1.165, 1.54) is 0 Å². The molecule has 0 fully saturated rings. The number of esters is 1. The molecule has 0 aliphatic carbocycles. The average Bonchev–Trinajstić information content (AvgIpc) is 2.85. The predicted octanol–water partition coefficient (Wildman–Crippen LogP) is 5.02. The maximum Gasteiger partial charge on any atom is 0.309 e. The van der Waals surface area contributed by atoms with Crippen LogP contribution in [0.3, 0.4) is 0 Å². The van der Waals surface area contributed by atoms with Gasteiger partial charge in [-0.1, -0.05) is 103 Å². The smallest absolute Gasteiger partial charge is 0.309 e. The van der Waals surface area contributed by atoms with Crippen LogP contribution in [0.5, 0.6) is 0 Å². The van der Waals surface area contributed by atoms with Crippen molar-refractivity contribution in [2.24, 2.45) is 11.3 Å². The van der Waals surface area contributed by atoms with Crippen LogP contribution in [0.4, 0.5) is 0 Å². The number of carbonyl (C=O) groups is 3. The lowest BCUT2D eigenvalue weighted by Crippen LogP contribution is -2.61. The number of nitrogens with one attached hydrogen (secondary N) is 2. The molecule has 0 bridgehead atoms. The number of likely N-dealkylation sites (N-methyl/N-ethyl adjacent to an activating group) is 2. The summed E-state index contributed by atoms with van der Waals surface area (Å²) in [5.41, 5.74) is 0.949. The van der Waals surface area contributed by atoms with Crippen LogP contribution >= 0.6 is 0 Å². The summed E-state index contributed by atoms with van der Waals surface area (Å²) in [5.74, 6) is -0.511. The monoisotopic (exact) mass is 541 g/mol. The molecule has 39 heavy (non-hydrogen) atoms. The van der Waals surface area contributed by atoms with E-state index in [0.29, 0.717) is 6.61 Å². The van der Waals surface area contributed by atoms with E-state index in [1.807, 2.05) is 84.0 Å². The van der Waals surface area contributed by atoms with Gasteiger partial charge < -0.3 is 20.3 Å². The van der Waals surface area contributed by atoms with Crippen LogP contribution in [-0.4, -0.2) is 61.5 Å². The molecule has 7 nitrogen and oxygen atoms in total. The molecule has 0 aliphatic heterocycles. The highest BCUT2D eigenvalue weighted by atomic mass is 16.5. The second kappa shape index (κ2) is 15.0. The fraction of sp³-hybridized carbons (Fsp3) is 0.594. The van der Waals surface area contributed by atoms with Crippen LogP contribution in [0.15, 0.2) is 54.1 Å². The molecule has 2 N–H and O–H groups in total. The molecule has 0 heterocycles. The zero-order chi connectivity index (χ0) is 30.0. The molecule has 0 unspecified atom stereocenters. The van der Waals surface area contributed by atoms with Gasteiger partial charge in [-0.25, -0.2) is 0 Å². The molecular weight excluding hydrogens is 490 g/mol. The van der Waals surface area contributed by atoms with E-state index in [9.17, 15) is 14.4 Å². The molecule has 1 aromatic carbocycles. The lowest BCUT2D eigenvalue weighted by atomic mass is 9.76. The summed E-state index contributed by atoms with van der Waals surface area (Å²) in [5, 5.41) is 6.27. The Balaban J connectivity index is 3.20. The minimum absolute atomic E-state index is 0.130. The van der Waals surface area contributed by atoms with E-state index in [2.05, 4.69) is 24.5 Å². The normalized spacial score (nSPS) is 15.1. The first-order valence-electron chi connectivity index (χ1n) is 13.9. The summed E-state index contributed by atoms with van der Waals surface area (Å²) in [4.78, 5) is 41.0. The first-order chi connectivity index (χ1) is 18.1. The maximum absolute atomic E-state index is 13.9. The molecule has 0 saturated carbocycles. The molecule has 0 aliphatic rings. The quantitative estimate of drug-likeness (QED) is 0.270. The number of ether oxygens (including phenoxy) is 1. The number of carbonyl (C=O) groups excluding carboxylic acids is 3. The molecule has 2 amide bonds. The fourth-order valence-electron chi connectivity index (χ4n) is 4.72. The number of rotatable bonds is 13. The molecule has 0 spiro atoms. The van der Waals surface area contributed by atoms with Crippen molar-refractivity contribution in [3.05, 3.63) is 59.7 Å². The Bertz CT molecular complexity index is 1010. The van der Waals surface area contributed by atoms with Gasteiger partial charge in [0.05, 0.1) is 25.1 Å². The predicted molar refractivity (Wildman–Crippen MR) is 159 cm³/mol. The lowest BCUT2D eigenvalue weighted by Gasteiger charge is -2.40. The van der Waals surface area contributed by atoms with Crippen molar-refractivity contribution in [1.82, 2.24) is 15.5 Å². The zero-order valence-electron chi connectivity index (χ0n) is 25.9. The van der Waals surface area contributed by atoms with Crippen molar-refractivity contribution >= 4 is 17.8 Å². The van der Waals surface area contributed by atoms with E-state index in [1.54, 1.807) is 32.0 Å². The van der Waals surface area contributed by atoms with Gasteiger partial charge in [0, 0.05) is 12.5 Å². The third kappa shape index (κ3) is 9.95.